The van der Waals surface area contributed by atoms with E-state index in [1.807, 2.05) is 30.3 Å². The number of anilines is 2. The number of aliphatic imine (C=N–C) groups is 1. The lowest BCUT2D eigenvalue weighted by Gasteiger charge is -2.16. The highest BCUT2D eigenvalue weighted by molar-refractivity contribution is 8.15. The Morgan fingerprint density at radius 3 is 2.35 bits per heavy atom. The Kier molecular flexibility index (Phi) is 8.27. The molecule has 0 saturated carbocycles. The quantitative estimate of drug-likeness (QED) is 0.255. The zero-order valence-corrected chi connectivity index (χ0v) is 21.7. The number of nitrogens with one attached hydrogen (secondary N) is 1. The largest absolute Gasteiger partial charge is 0.497 e. The van der Waals surface area contributed by atoms with Gasteiger partial charge in [-0.15, -0.1) is 0 Å². The van der Waals surface area contributed by atoms with Crippen molar-refractivity contribution in [2.24, 2.45) is 10.1 Å². The van der Waals surface area contributed by atoms with Crippen molar-refractivity contribution in [3.8, 4) is 5.75 Å². The predicted octanol–water partition coefficient (Wildman–Crippen LogP) is 3.42. The van der Waals surface area contributed by atoms with Gasteiger partial charge in [0.25, 0.3) is 0 Å². The Morgan fingerprint density at radius 1 is 1.05 bits per heavy atom. The number of hydrogen-bond acceptors (Lipinski definition) is 7. The molecule has 0 aromatic heterocycles. The number of imide groups is 1. The number of sulfonamides is 1. The number of nitrogens with zero attached hydrogens (tertiary/aromatic N) is 2. The first kappa shape index (κ1) is 26.4. The van der Waals surface area contributed by atoms with E-state index in [4.69, 9.17) is 9.88 Å². The molecule has 1 fully saturated rings. The smallest absolute Gasteiger partial charge is 0.247 e. The van der Waals surface area contributed by atoms with E-state index < -0.39 is 15.3 Å². The standard InChI is InChI=1S/C26H26N4O5S2/c1-35-21-11-9-20(10-12-21)30-24(31)17-23(25(30)32)36-26(29-19-5-3-2-4-6-19)28-16-15-18-7-13-22(14-8-18)37(27,33)34/h2-14,23H,15-17H2,1H3,(H,28,29)(H2,27,33,34). The highest BCUT2D eigenvalue weighted by Crippen LogP contribution is 2.31. The van der Waals surface area contributed by atoms with Crippen LogP contribution in [0.3, 0.4) is 0 Å². The van der Waals surface area contributed by atoms with Gasteiger partial charge in [0.2, 0.25) is 21.8 Å². The van der Waals surface area contributed by atoms with Crippen molar-refractivity contribution < 1.29 is 22.7 Å². The molecule has 0 radical (unpaired) electrons. The Hall–Kier alpha value is -3.67. The van der Waals surface area contributed by atoms with Crippen LogP contribution in [0.2, 0.25) is 0 Å². The minimum absolute atomic E-state index is 0.0487. The fraction of sp³-hybridized carbons (Fsp3) is 0.192. The third kappa shape index (κ3) is 6.76. The van der Waals surface area contributed by atoms with Gasteiger partial charge >= 0.3 is 0 Å². The fourth-order valence-corrected chi connectivity index (χ4v) is 5.28. The summed E-state index contributed by atoms with van der Waals surface area (Å²) in [5.74, 6) is 0.0533. The lowest BCUT2D eigenvalue weighted by atomic mass is 10.1. The summed E-state index contributed by atoms with van der Waals surface area (Å²) in [5.41, 5.74) is 2.18. The average Bonchev–Trinajstić information content (AvgIpc) is 3.16. The summed E-state index contributed by atoms with van der Waals surface area (Å²) >= 11 is 1.21. The van der Waals surface area contributed by atoms with Gasteiger partial charge in [-0.2, -0.15) is 0 Å². The van der Waals surface area contributed by atoms with Gasteiger partial charge in [-0.25, -0.2) is 18.5 Å². The minimum atomic E-state index is -3.75. The molecule has 1 atom stereocenters. The molecule has 3 N–H and O–H groups in total. The van der Waals surface area contributed by atoms with Gasteiger partial charge in [-0.1, -0.05) is 42.1 Å². The molecule has 1 heterocycles. The van der Waals surface area contributed by atoms with Crippen molar-refractivity contribution in [1.29, 1.82) is 0 Å². The molecule has 192 valence electrons. The van der Waals surface area contributed by atoms with Crippen LogP contribution in [0.4, 0.5) is 11.4 Å². The maximum absolute atomic E-state index is 13.2. The molecule has 1 saturated heterocycles. The number of carbonyl (C=O) groups excluding carboxylic acids is 2. The number of nitrogens with two attached hydrogens (primary N) is 1. The predicted molar refractivity (Wildman–Crippen MR) is 145 cm³/mol. The third-order valence-corrected chi connectivity index (χ3v) is 7.66. The molecular formula is C26H26N4O5S2. The van der Waals surface area contributed by atoms with Crippen LogP contribution in [0, 0.1) is 0 Å². The van der Waals surface area contributed by atoms with E-state index in [-0.39, 0.29) is 23.1 Å². The zero-order chi connectivity index (χ0) is 26.4. The highest BCUT2D eigenvalue weighted by Gasteiger charge is 2.40. The van der Waals surface area contributed by atoms with E-state index in [1.165, 1.54) is 28.8 Å². The van der Waals surface area contributed by atoms with Crippen LogP contribution in [0.5, 0.6) is 5.75 Å². The number of benzene rings is 3. The number of thioether (sulfide) groups is 1. The van der Waals surface area contributed by atoms with E-state index in [0.29, 0.717) is 29.6 Å². The number of amidine groups is 1. The number of rotatable bonds is 8. The second kappa shape index (κ2) is 11.6. The van der Waals surface area contributed by atoms with Crippen LogP contribution < -0.4 is 20.1 Å². The second-order valence-electron chi connectivity index (χ2n) is 8.19. The van der Waals surface area contributed by atoms with Crippen LogP contribution in [0.15, 0.2) is 88.8 Å². The van der Waals surface area contributed by atoms with Crippen molar-refractivity contribution in [3.05, 3.63) is 84.4 Å². The second-order valence-corrected chi connectivity index (χ2v) is 10.9. The monoisotopic (exact) mass is 538 g/mol. The number of para-hydroxylation sites is 1. The molecule has 1 aliphatic rings. The van der Waals surface area contributed by atoms with Crippen LogP contribution in [-0.2, 0) is 26.0 Å². The van der Waals surface area contributed by atoms with Crippen molar-refractivity contribution in [2.75, 3.05) is 23.9 Å². The summed E-state index contributed by atoms with van der Waals surface area (Å²) in [4.78, 5) is 31.8. The van der Waals surface area contributed by atoms with E-state index in [9.17, 15) is 18.0 Å². The van der Waals surface area contributed by atoms with E-state index in [0.717, 1.165) is 11.3 Å². The van der Waals surface area contributed by atoms with E-state index in [1.54, 1.807) is 43.5 Å². The molecule has 0 aliphatic carbocycles. The zero-order valence-electron chi connectivity index (χ0n) is 20.0. The molecule has 0 bridgehead atoms. The molecule has 3 aromatic carbocycles. The third-order valence-electron chi connectivity index (χ3n) is 5.62. The number of carbonyl (C=O) groups is 2. The molecule has 1 aliphatic heterocycles. The number of methoxy groups -OCH3 is 1. The van der Waals surface area contributed by atoms with Crippen LogP contribution >= 0.6 is 11.8 Å². The van der Waals surface area contributed by atoms with Gasteiger partial charge in [-0.3, -0.25) is 14.6 Å². The summed E-state index contributed by atoms with van der Waals surface area (Å²) in [5, 5.41) is 8.29. The fourth-order valence-electron chi connectivity index (χ4n) is 3.72. The first-order valence-corrected chi connectivity index (χ1v) is 13.8. The maximum Gasteiger partial charge on any atom is 0.247 e. The first-order valence-electron chi connectivity index (χ1n) is 11.4. The summed E-state index contributed by atoms with van der Waals surface area (Å²) < 4.78 is 28.1. The molecule has 4 rings (SSSR count). The average molecular weight is 539 g/mol. The Bertz CT molecular complexity index is 1390. The van der Waals surface area contributed by atoms with Crippen molar-refractivity contribution in [1.82, 2.24) is 0 Å². The Morgan fingerprint density at radius 2 is 1.73 bits per heavy atom. The van der Waals surface area contributed by atoms with Crippen LogP contribution in [-0.4, -0.2) is 44.3 Å². The lowest BCUT2D eigenvalue weighted by molar-refractivity contribution is -0.121. The van der Waals surface area contributed by atoms with Crippen molar-refractivity contribution >= 4 is 50.1 Å². The van der Waals surface area contributed by atoms with Gasteiger partial charge in [0.15, 0.2) is 5.17 Å². The number of amides is 2. The molecule has 2 amide bonds. The van der Waals surface area contributed by atoms with E-state index >= 15 is 0 Å². The Balaban J connectivity index is 1.48. The molecule has 11 heteroatoms. The van der Waals surface area contributed by atoms with Crippen molar-refractivity contribution in [3.63, 3.8) is 0 Å². The maximum atomic E-state index is 13.2. The van der Waals surface area contributed by atoms with Gasteiger partial charge in [0.1, 0.15) is 11.0 Å². The van der Waals surface area contributed by atoms with Gasteiger partial charge in [-0.05, 0) is 60.5 Å². The normalized spacial score (nSPS) is 16.2. The number of hydrogen-bond donors (Lipinski definition) is 2. The molecular weight excluding hydrogens is 512 g/mol. The van der Waals surface area contributed by atoms with Gasteiger partial charge < -0.3 is 10.1 Å². The van der Waals surface area contributed by atoms with Crippen LogP contribution in [0.25, 0.3) is 0 Å². The lowest BCUT2D eigenvalue weighted by Crippen LogP contribution is -2.31. The summed E-state index contributed by atoms with van der Waals surface area (Å²) in [7, 11) is -2.20. The molecule has 0 spiro atoms. The summed E-state index contributed by atoms with van der Waals surface area (Å²) in [6.45, 7) is 0.383. The first-order chi connectivity index (χ1) is 17.7. The SMILES string of the molecule is COc1ccc(N2C(=O)CC(SC(=NCCc3ccc(S(N)(=O)=O)cc3)Nc3ccccc3)C2=O)cc1. The Labute approximate surface area is 219 Å². The number of ether oxygens (including phenoxy) is 1. The van der Waals surface area contributed by atoms with Crippen molar-refractivity contribution in [2.45, 2.75) is 23.0 Å². The van der Waals surface area contributed by atoms with E-state index in [2.05, 4.69) is 10.3 Å². The number of primary sulfonamides is 1. The highest BCUT2D eigenvalue weighted by atomic mass is 32.2. The molecule has 9 nitrogen and oxygen atoms in total. The molecule has 3 aromatic rings. The summed E-state index contributed by atoms with van der Waals surface area (Å²) in [6.07, 6.45) is 0.598. The topological polar surface area (TPSA) is 131 Å². The van der Waals surface area contributed by atoms with Gasteiger partial charge in [0, 0.05) is 18.7 Å². The molecule has 1 unspecified atom stereocenters. The van der Waals surface area contributed by atoms with Crippen LogP contribution in [0.1, 0.15) is 12.0 Å². The minimum Gasteiger partial charge on any atom is -0.497 e. The molecule has 37 heavy (non-hydrogen) atoms. The van der Waals surface area contributed by atoms with Gasteiger partial charge in [0.05, 0.1) is 17.7 Å². The summed E-state index contributed by atoms with van der Waals surface area (Å²) in [6, 6.07) is 22.5.